The quantitative estimate of drug-likeness (QED) is 0.661. The number of carbonyl (C=O) groups is 1. The normalized spacial score (nSPS) is 12.6. The van der Waals surface area contributed by atoms with Crippen LogP contribution in [0.2, 0.25) is 0 Å². The lowest BCUT2D eigenvalue weighted by atomic mass is 10.6. The van der Waals surface area contributed by atoms with E-state index in [9.17, 15) is 26.4 Å². The molecule has 13 heavy (non-hydrogen) atoms. The maximum absolute atomic E-state index is 11.5. The first-order valence-electron chi connectivity index (χ1n) is 3.22. The van der Waals surface area contributed by atoms with Gasteiger partial charge in [-0.25, -0.2) is 4.79 Å². The molecule has 0 heterocycles. The number of hydrogen-bond acceptors (Lipinski definition) is 4. The molecule has 0 amide bonds. The highest BCUT2D eigenvalue weighted by Gasteiger charge is 2.43. The molecule has 0 radical (unpaired) electrons. The smallest absolute Gasteiger partial charge is 0.338 e. The molecule has 0 fully saturated rings. The van der Waals surface area contributed by atoms with Crippen LogP contribution < -0.4 is 0 Å². The zero-order chi connectivity index (χ0) is 10.7. The maximum Gasteiger partial charge on any atom is 0.492 e. The fourth-order valence-corrected chi connectivity index (χ4v) is 1.36. The van der Waals surface area contributed by atoms with Crippen LogP contribution in [-0.4, -0.2) is 26.3 Å². The summed E-state index contributed by atoms with van der Waals surface area (Å²) >= 11 is 0. The Morgan fingerprint density at radius 3 is 2.15 bits per heavy atom. The van der Waals surface area contributed by atoms with Gasteiger partial charge >= 0.3 is 22.3 Å². The van der Waals surface area contributed by atoms with Gasteiger partial charge in [-0.2, -0.15) is 21.6 Å². The molecular weight excluding hydrogens is 213 g/mol. The van der Waals surface area contributed by atoms with Gasteiger partial charge in [-0.15, -0.1) is 0 Å². The lowest BCUT2D eigenvalue weighted by Crippen LogP contribution is -2.28. The predicted octanol–water partition coefficient (Wildman–Crippen LogP) is 0.832. The van der Waals surface area contributed by atoms with Gasteiger partial charge in [0.25, 0.3) is 0 Å². The molecule has 0 atom stereocenters. The molecule has 0 spiro atoms. The molecule has 78 valence electrons. The third kappa shape index (κ3) is 4.71. The van der Waals surface area contributed by atoms with Crippen LogP contribution in [-0.2, 0) is 19.1 Å². The van der Waals surface area contributed by atoms with Gasteiger partial charge in [0.2, 0.25) is 0 Å². The van der Waals surface area contributed by atoms with Gasteiger partial charge in [0, 0.05) is 0 Å². The minimum atomic E-state index is -5.28. The fraction of sp³-hybridized carbons (Fsp3) is 0.800. The zero-order valence-corrected chi connectivity index (χ0v) is 7.41. The van der Waals surface area contributed by atoms with Crippen molar-refractivity contribution in [2.75, 3.05) is 5.75 Å². The summed E-state index contributed by atoms with van der Waals surface area (Å²) in [5, 5.41) is 0. The van der Waals surface area contributed by atoms with Crippen LogP contribution in [0.3, 0.4) is 0 Å². The lowest BCUT2D eigenvalue weighted by Gasteiger charge is -2.05. The van der Waals surface area contributed by atoms with E-state index in [1.165, 1.54) is 6.92 Å². The molecule has 0 aromatic carbocycles. The van der Waals surface area contributed by atoms with E-state index in [1.807, 2.05) is 0 Å². The molecule has 0 unspecified atom stereocenters. The minimum Gasteiger partial charge on any atom is -0.338 e. The molecule has 0 bridgehead atoms. The summed E-state index contributed by atoms with van der Waals surface area (Å²) in [5.74, 6) is -3.32. The molecule has 0 saturated heterocycles. The predicted molar refractivity (Wildman–Crippen MR) is 36.2 cm³/mol. The second-order valence-corrected chi connectivity index (χ2v) is 3.82. The molecular formula is C5H7F3O4S. The lowest BCUT2D eigenvalue weighted by molar-refractivity contribution is -0.189. The Hall–Kier alpha value is -0.790. The number of alkyl halides is 3. The van der Waals surface area contributed by atoms with Crippen LogP contribution in [0.5, 0.6) is 0 Å². The van der Waals surface area contributed by atoms with E-state index < -0.39 is 28.0 Å². The van der Waals surface area contributed by atoms with Crippen molar-refractivity contribution in [2.45, 2.75) is 19.5 Å². The number of hydrogen-bond donors (Lipinski definition) is 0. The van der Waals surface area contributed by atoms with Crippen molar-refractivity contribution in [3.8, 4) is 0 Å². The van der Waals surface area contributed by atoms with Crippen molar-refractivity contribution in [1.82, 2.24) is 0 Å². The molecule has 0 aliphatic rings. The van der Waals surface area contributed by atoms with Crippen molar-refractivity contribution in [1.29, 1.82) is 0 Å². The molecule has 8 heteroatoms. The van der Waals surface area contributed by atoms with Crippen LogP contribution in [0.25, 0.3) is 0 Å². The highest BCUT2D eigenvalue weighted by molar-refractivity contribution is 7.87. The largest absolute Gasteiger partial charge is 0.492 e. The third-order valence-corrected chi connectivity index (χ3v) is 2.20. The molecule has 4 nitrogen and oxygen atoms in total. The molecule has 0 aliphatic carbocycles. The molecule has 0 aromatic rings. The van der Waals surface area contributed by atoms with Gasteiger partial charge in [-0.1, -0.05) is 6.92 Å². The highest BCUT2D eigenvalue weighted by atomic mass is 32.2. The Bertz CT molecular complexity index is 279. The first-order chi connectivity index (χ1) is 5.69. The Kier molecular flexibility index (Phi) is 3.71. The Labute approximate surface area is 72.8 Å². The standard InChI is InChI=1S/C5H7F3O4S/c1-2-3-13(10,11)12-4(9)5(6,7)8/h2-3H2,1H3. The molecule has 0 rings (SSSR count). The van der Waals surface area contributed by atoms with E-state index in [0.717, 1.165) is 0 Å². The topological polar surface area (TPSA) is 60.4 Å². The first-order valence-corrected chi connectivity index (χ1v) is 4.80. The summed E-state index contributed by atoms with van der Waals surface area (Å²) in [6, 6.07) is 0. The second-order valence-electron chi connectivity index (χ2n) is 2.13. The van der Waals surface area contributed by atoms with E-state index in [0.29, 0.717) is 0 Å². The van der Waals surface area contributed by atoms with E-state index >= 15 is 0 Å². The van der Waals surface area contributed by atoms with E-state index in [2.05, 4.69) is 4.18 Å². The number of halogens is 3. The molecule has 0 N–H and O–H groups in total. The summed E-state index contributed by atoms with van der Waals surface area (Å²) < 4.78 is 58.8. The van der Waals surface area contributed by atoms with Crippen molar-refractivity contribution in [2.24, 2.45) is 0 Å². The number of rotatable bonds is 3. The van der Waals surface area contributed by atoms with Crippen molar-refractivity contribution >= 4 is 16.1 Å². The summed E-state index contributed by atoms with van der Waals surface area (Å²) in [5.41, 5.74) is 0. The van der Waals surface area contributed by atoms with Gasteiger partial charge in [0.05, 0.1) is 5.75 Å². The highest BCUT2D eigenvalue weighted by Crippen LogP contribution is 2.18. The second kappa shape index (κ2) is 3.95. The molecule has 0 saturated carbocycles. The van der Waals surface area contributed by atoms with Gasteiger partial charge in [-0.3, -0.25) is 0 Å². The Morgan fingerprint density at radius 1 is 1.38 bits per heavy atom. The van der Waals surface area contributed by atoms with E-state index in [-0.39, 0.29) is 6.42 Å². The summed E-state index contributed by atoms with van der Waals surface area (Å²) in [7, 11) is -4.38. The van der Waals surface area contributed by atoms with Crippen LogP contribution in [0.15, 0.2) is 0 Å². The zero-order valence-electron chi connectivity index (χ0n) is 6.59. The van der Waals surface area contributed by atoms with Gasteiger partial charge in [0.15, 0.2) is 0 Å². The van der Waals surface area contributed by atoms with Gasteiger partial charge in [-0.05, 0) is 6.42 Å². The van der Waals surface area contributed by atoms with Gasteiger partial charge in [0.1, 0.15) is 0 Å². The van der Waals surface area contributed by atoms with Crippen LogP contribution in [0, 0.1) is 0 Å². The average molecular weight is 220 g/mol. The first kappa shape index (κ1) is 12.2. The number of carbonyl (C=O) groups excluding carboxylic acids is 1. The van der Waals surface area contributed by atoms with Crippen molar-refractivity contribution in [3.63, 3.8) is 0 Å². The average Bonchev–Trinajstić information content (AvgIpc) is 1.83. The van der Waals surface area contributed by atoms with E-state index in [4.69, 9.17) is 0 Å². The maximum atomic E-state index is 11.5. The minimum absolute atomic E-state index is 0.0769. The van der Waals surface area contributed by atoms with Crippen LogP contribution >= 0.6 is 0 Å². The summed E-state index contributed by atoms with van der Waals surface area (Å²) in [4.78, 5) is 10.0. The fourth-order valence-electron chi connectivity index (χ4n) is 0.454. The monoisotopic (exact) mass is 220 g/mol. The van der Waals surface area contributed by atoms with Crippen molar-refractivity contribution in [3.05, 3.63) is 0 Å². The van der Waals surface area contributed by atoms with Crippen LogP contribution in [0.4, 0.5) is 13.2 Å². The van der Waals surface area contributed by atoms with Crippen molar-refractivity contribution < 1.29 is 30.6 Å². The van der Waals surface area contributed by atoms with Crippen LogP contribution in [0.1, 0.15) is 13.3 Å². The van der Waals surface area contributed by atoms with Gasteiger partial charge < -0.3 is 4.18 Å². The summed E-state index contributed by atoms with van der Waals surface area (Å²) in [6.07, 6.45) is -5.20. The Morgan fingerprint density at radius 2 is 1.85 bits per heavy atom. The van der Waals surface area contributed by atoms with E-state index in [1.54, 1.807) is 0 Å². The third-order valence-electron chi connectivity index (χ3n) is 0.888. The molecule has 0 aliphatic heterocycles. The Balaban J connectivity index is 4.39. The summed E-state index contributed by atoms with van der Waals surface area (Å²) in [6.45, 7) is 1.43. The SMILES string of the molecule is CCCS(=O)(=O)OC(=O)C(F)(F)F. The molecule has 0 aromatic heterocycles.